The molecule has 1 aromatic heterocycles. The normalized spacial score (nSPS) is 10.0. The van der Waals surface area contributed by atoms with Crippen molar-refractivity contribution in [1.29, 1.82) is 0 Å². The molecule has 4 N–H and O–H groups in total. The van der Waals surface area contributed by atoms with E-state index >= 15 is 0 Å². The number of anilines is 1. The van der Waals surface area contributed by atoms with Gasteiger partial charge in [-0.05, 0) is 42.0 Å². The topological polar surface area (TPSA) is 91.2 Å². The maximum absolute atomic E-state index is 11.0. The highest BCUT2D eigenvalue weighted by Gasteiger charge is 2.03. The van der Waals surface area contributed by atoms with Crippen LogP contribution < -0.4 is 16.2 Å². The number of primary amides is 1. The number of nitrogens with two attached hydrogens (primary N) is 2. The molecule has 0 radical (unpaired) electrons. The number of hydrogen-bond donors (Lipinski definition) is 2. The van der Waals surface area contributed by atoms with E-state index in [0.29, 0.717) is 18.0 Å². The molecule has 5 nitrogen and oxygen atoms in total. The maximum Gasteiger partial charge on any atom is 0.267 e. The summed E-state index contributed by atoms with van der Waals surface area (Å²) in [5.41, 5.74) is 12.5. The van der Waals surface area contributed by atoms with Gasteiger partial charge in [-0.25, -0.2) is 0 Å². The van der Waals surface area contributed by atoms with E-state index in [1.165, 1.54) is 6.20 Å². The second-order valence-electron chi connectivity index (χ2n) is 3.77. The summed E-state index contributed by atoms with van der Waals surface area (Å²) in [6, 6.07) is 10.5. The molecule has 5 heteroatoms. The summed E-state index contributed by atoms with van der Waals surface area (Å²) in [6.07, 6.45) is 1.53. The lowest BCUT2D eigenvalue weighted by Gasteiger charge is -2.06. The number of rotatable bonds is 4. The average molecular weight is 243 g/mol. The monoisotopic (exact) mass is 243 g/mol. The predicted molar refractivity (Wildman–Crippen MR) is 67.9 cm³/mol. The Morgan fingerprint density at radius 1 is 1.22 bits per heavy atom. The number of amides is 1. The van der Waals surface area contributed by atoms with Gasteiger partial charge in [-0.1, -0.05) is 0 Å². The molecule has 0 aliphatic heterocycles. The number of hydrogen-bond acceptors (Lipinski definition) is 4. The quantitative estimate of drug-likeness (QED) is 0.793. The lowest BCUT2D eigenvalue weighted by molar-refractivity contribution is 0.0995. The number of carbonyl (C=O) groups excluding carboxylic acids is 1. The number of benzene rings is 1. The van der Waals surface area contributed by atoms with Crippen LogP contribution in [0.25, 0.3) is 0 Å². The van der Waals surface area contributed by atoms with E-state index in [9.17, 15) is 4.79 Å². The Hall–Kier alpha value is -2.56. The number of carbonyl (C=O) groups is 1. The number of nitrogens with zero attached hydrogens (tertiary/aromatic N) is 1. The van der Waals surface area contributed by atoms with E-state index in [2.05, 4.69) is 4.98 Å². The average Bonchev–Trinajstić information content (AvgIpc) is 2.38. The van der Waals surface area contributed by atoms with E-state index in [4.69, 9.17) is 16.2 Å². The molecule has 0 unspecified atom stereocenters. The molecule has 0 saturated heterocycles. The standard InChI is InChI=1S/C13H13N3O2/c14-10-1-3-11(4-2-10)18-8-9-5-6-16-12(7-9)13(15)17/h1-7H,8,14H2,(H2,15,17). The van der Waals surface area contributed by atoms with Gasteiger partial charge in [0.2, 0.25) is 0 Å². The number of ether oxygens (including phenoxy) is 1. The van der Waals surface area contributed by atoms with Crippen molar-refractivity contribution in [3.05, 3.63) is 53.9 Å². The third-order valence-corrected chi connectivity index (χ3v) is 2.36. The molecule has 2 aromatic rings. The van der Waals surface area contributed by atoms with Gasteiger partial charge in [-0.15, -0.1) is 0 Å². The first kappa shape index (κ1) is 11.9. The largest absolute Gasteiger partial charge is 0.489 e. The summed E-state index contributed by atoms with van der Waals surface area (Å²) in [4.78, 5) is 14.8. The smallest absolute Gasteiger partial charge is 0.267 e. The summed E-state index contributed by atoms with van der Waals surface area (Å²) in [5.74, 6) is 0.158. The molecule has 0 atom stereocenters. The maximum atomic E-state index is 11.0. The van der Waals surface area contributed by atoms with Crippen LogP contribution in [0.5, 0.6) is 5.75 Å². The third kappa shape index (κ3) is 2.98. The molecule has 0 aliphatic rings. The summed E-state index contributed by atoms with van der Waals surface area (Å²) in [5, 5.41) is 0. The predicted octanol–water partition coefficient (Wildman–Crippen LogP) is 1.34. The minimum atomic E-state index is -0.552. The molecule has 0 saturated carbocycles. The molecule has 1 amide bonds. The fourth-order valence-electron chi connectivity index (χ4n) is 1.43. The molecular formula is C13H13N3O2. The second-order valence-corrected chi connectivity index (χ2v) is 3.77. The van der Waals surface area contributed by atoms with Crippen molar-refractivity contribution in [1.82, 2.24) is 4.98 Å². The van der Waals surface area contributed by atoms with Crippen LogP contribution in [-0.4, -0.2) is 10.9 Å². The van der Waals surface area contributed by atoms with Gasteiger partial charge < -0.3 is 16.2 Å². The highest BCUT2D eigenvalue weighted by molar-refractivity contribution is 5.90. The van der Waals surface area contributed by atoms with Gasteiger partial charge in [0.25, 0.3) is 5.91 Å². The van der Waals surface area contributed by atoms with Crippen molar-refractivity contribution >= 4 is 11.6 Å². The molecule has 0 fully saturated rings. The number of nitrogen functional groups attached to an aromatic ring is 1. The van der Waals surface area contributed by atoms with Crippen molar-refractivity contribution in [2.75, 3.05) is 5.73 Å². The van der Waals surface area contributed by atoms with Gasteiger partial charge in [-0.2, -0.15) is 0 Å². The lowest BCUT2D eigenvalue weighted by Crippen LogP contribution is -2.13. The van der Waals surface area contributed by atoms with Gasteiger partial charge in [0, 0.05) is 11.9 Å². The Labute approximate surface area is 104 Å². The van der Waals surface area contributed by atoms with Crippen LogP contribution in [0.2, 0.25) is 0 Å². The SMILES string of the molecule is NC(=O)c1cc(COc2ccc(N)cc2)ccn1. The van der Waals surface area contributed by atoms with E-state index < -0.39 is 5.91 Å². The minimum Gasteiger partial charge on any atom is -0.489 e. The fourth-order valence-corrected chi connectivity index (χ4v) is 1.43. The summed E-state index contributed by atoms with van der Waals surface area (Å²) < 4.78 is 5.55. The van der Waals surface area contributed by atoms with Gasteiger partial charge in [0.1, 0.15) is 18.1 Å². The molecular weight excluding hydrogens is 230 g/mol. The molecule has 0 aliphatic carbocycles. The van der Waals surface area contributed by atoms with Gasteiger partial charge >= 0.3 is 0 Å². The Morgan fingerprint density at radius 3 is 2.61 bits per heavy atom. The van der Waals surface area contributed by atoms with Crippen molar-refractivity contribution in [2.45, 2.75) is 6.61 Å². The first-order chi connectivity index (χ1) is 8.65. The van der Waals surface area contributed by atoms with Gasteiger partial charge in [0.15, 0.2) is 0 Å². The zero-order valence-electron chi connectivity index (χ0n) is 9.67. The summed E-state index contributed by atoms with van der Waals surface area (Å²) >= 11 is 0. The third-order valence-electron chi connectivity index (χ3n) is 2.36. The van der Waals surface area contributed by atoms with Crippen molar-refractivity contribution in [3.8, 4) is 5.75 Å². The van der Waals surface area contributed by atoms with Gasteiger partial charge in [0.05, 0.1) is 0 Å². The molecule has 1 heterocycles. The first-order valence-corrected chi connectivity index (χ1v) is 5.38. The molecule has 0 spiro atoms. The first-order valence-electron chi connectivity index (χ1n) is 5.38. The zero-order chi connectivity index (χ0) is 13.0. The Kier molecular flexibility index (Phi) is 3.43. The van der Waals surface area contributed by atoms with Crippen molar-refractivity contribution < 1.29 is 9.53 Å². The van der Waals surface area contributed by atoms with Crippen LogP contribution in [-0.2, 0) is 6.61 Å². The van der Waals surface area contributed by atoms with E-state index in [1.54, 1.807) is 36.4 Å². The van der Waals surface area contributed by atoms with Crippen molar-refractivity contribution in [2.24, 2.45) is 5.73 Å². The van der Waals surface area contributed by atoms with E-state index in [1.807, 2.05) is 0 Å². The summed E-state index contributed by atoms with van der Waals surface area (Å²) in [6.45, 7) is 0.340. The van der Waals surface area contributed by atoms with Crippen LogP contribution in [0.3, 0.4) is 0 Å². The second kappa shape index (κ2) is 5.18. The lowest BCUT2D eigenvalue weighted by atomic mass is 10.2. The van der Waals surface area contributed by atoms with Crippen LogP contribution >= 0.6 is 0 Å². The summed E-state index contributed by atoms with van der Waals surface area (Å²) in [7, 11) is 0. The van der Waals surface area contributed by atoms with Crippen LogP contribution in [0.4, 0.5) is 5.69 Å². The van der Waals surface area contributed by atoms with E-state index in [-0.39, 0.29) is 5.69 Å². The highest BCUT2D eigenvalue weighted by atomic mass is 16.5. The zero-order valence-corrected chi connectivity index (χ0v) is 9.67. The van der Waals surface area contributed by atoms with Crippen LogP contribution in [0.1, 0.15) is 16.1 Å². The Balaban J connectivity index is 2.04. The molecule has 2 rings (SSSR count). The fraction of sp³-hybridized carbons (Fsp3) is 0.0769. The molecule has 0 bridgehead atoms. The van der Waals surface area contributed by atoms with Crippen LogP contribution in [0.15, 0.2) is 42.6 Å². The Bertz CT molecular complexity index is 552. The van der Waals surface area contributed by atoms with Crippen LogP contribution in [0, 0.1) is 0 Å². The molecule has 18 heavy (non-hydrogen) atoms. The number of aromatic nitrogens is 1. The van der Waals surface area contributed by atoms with E-state index in [0.717, 1.165) is 5.56 Å². The minimum absolute atomic E-state index is 0.230. The van der Waals surface area contributed by atoms with Crippen molar-refractivity contribution in [3.63, 3.8) is 0 Å². The highest BCUT2D eigenvalue weighted by Crippen LogP contribution is 2.15. The van der Waals surface area contributed by atoms with Gasteiger partial charge in [-0.3, -0.25) is 9.78 Å². The molecule has 92 valence electrons. The Morgan fingerprint density at radius 2 is 1.94 bits per heavy atom. The number of pyridine rings is 1. The molecule has 1 aromatic carbocycles.